The molecule has 0 unspecified atom stereocenters. The molecule has 0 bridgehead atoms. The van der Waals surface area contributed by atoms with Gasteiger partial charge in [0, 0.05) is 12.2 Å². The molecule has 0 atom stereocenters. The van der Waals surface area contributed by atoms with Gasteiger partial charge in [-0.15, -0.1) is 0 Å². The maximum absolute atomic E-state index is 12.1. The molecule has 1 aromatic heterocycles. The Morgan fingerprint density at radius 1 is 1.25 bits per heavy atom. The number of nitrogens with zero attached hydrogens (tertiary/aromatic N) is 2. The molecule has 0 aliphatic heterocycles. The number of hydrogen-bond acceptors (Lipinski definition) is 3. The van der Waals surface area contributed by atoms with Crippen molar-refractivity contribution < 1.29 is 14.7 Å². The second-order valence-corrected chi connectivity index (χ2v) is 4.61. The third-order valence-corrected chi connectivity index (χ3v) is 2.79. The molecule has 1 aromatic carbocycles. The molecule has 104 valence electrons. The second-order valence-electron chi connectivity index (χ2n) is 4.61. The number of nitrogens with one attached hydrogen (secondary N) is 1. The number of carboxylic acid groups (broad SMARTS) is 1. The van der Waals surface area contributed by atoms with Gasteiger partial charge in [0.05, 0.1) is 23.0 Å². The van der Waals surface area contributed by atoms with Crippen LogP contribution in [0.25, 0.3) is 0 Å². The topological polar surface area (TPSA) is 84.2 Å². The van der Waals surface area contributed by atoms with E-state index in [1.165, 1.54) is 18.3 Å². The first-order valence-electron chi connectivity index (χ1n) is 6.17. The van der Waals surface area contributed by atoms with Gasteiger partial charge in [-0.2, -0.15) is 5.10 Å². The fourth-order valence-electron chi connectivity index (χ4n) is 1.75. The second kappa shape index (κ2) is 5.56. The Kier molecular flexibility index (Phi) is 3.84. The van der Waals surface area contributed by atoms with Crippen LogP contribution in [-0.2, 0) is 0 Å². The van der Waals surface area contributed by atoms with Crippen LogP contribution < -0.4 is 5.32 Å². The van der Waals surface area contributed by atoms with E-state index in [0.717, 1.165) is 0 Å². The Hall–Kier alpha value is -2.63. The predicted molar refractivity (Wildman–Crippen MR) is 74.0 cm³/mol. The highest BCUT2D eigenvalue weighted by atomic mass is 16.4. The Morgan fingerprint density at radius 3 is 2.45 bits per heavy atom. The van der Waals surface area contributed by atoms with Crippen molar-refractivity contribution in [3.05, 3.63) is 47.8 Å². The zero-order chi connectivity index (χ0) is 14.7. The minimum Gasteiger partial charge on any atom is -0.478 e. The molecule has 6 heteroatoms. The minimum atomic E-state index is -1.13. The number of aromatic carboxylic acids is 1. The fourth-order valence-corrected chi connectivity index (χ4v) is 1.75. The standard InChI is InChI=1S/C14H15N3O3/c1-9(2)17-8-10(7-15-17)16-13(18)11-5-3-4-6-12(11)14(19)20/h3-9H,1-2H3,(H,16,18)(H,19,20). The maximum atomic E-state index is 12.1. The van der Waals surface area contributed by atoms with Crippen molar-refractivity contribution in [3.63, 3.8) is 0 Å². The van der Waals surface area contributed by atoms with Gasteiger partial charge in [0.15, 0.2) is 0 Å². The van der Waals surface area contributed by atoms with Crippen molar-refractivity contribution in [1.82, 2.24) is 9.78 Å². The predicted octanol–water partition coefficient (Wildman–Crippen LogP) is 2.41. The number of rotatable bonds is 4. The largest absolute Gasteiger partial charge is 0.478 e. The third kappa shape index (κ3) is 2.85. The van der Waals surface area contributed by atoms with E-state index < -0.39 is 11.9 Å². The van der Waals surface area contributed by atoms with Crippen LogP contribution in [-0.4, -0.2) is 26.8 Å². The molecule has 0 saturated heterocycles. The number of carbonyl (C=O) groups excluding carboxylic acids is 1. The summed E-state index contributed by atoms with van der Waals surface area (Å²) in [6, 6.07) is 6.27. The van der Waals surface area contributed by atoms with Crippen LogP contribution >= 0.6 is 0 Å². The first-order chi connectivity index (χ1) is 9.49. The normalized spacial score (nSPS) is 10.6. The SMILES string of the molecule is CC(C)n1cc(NC(=O)c2ccccc2C(=O)O)cn1. The highest BCUT2D eigenvalue weighted by Gasteiger charge is 2.16. The Morgan fingerprint density at radius 2 is 1.90 bits per heavy atom. The lowest BCUT2D eigenvalue weighted by Gasteiger charge is -2.06. The van der Waals surface area contributed by atoms with Gasteiger partial charge in [0.1, 0.15) is 0 Å². The van der Waals surface area contributed by atoms with E-state index in [-0.39, 0.29) is 17.2 Å². The molecule has 20 heavy (non-hydrogen) atoms. The van der Waals surface area contributed by atoms with Gasteiger partial charge in [-0.1, -0.05) is 12.1 Å². The Bertz CT molecular complexity index is 647. The molecule has 2 aromatic rings. The molecule has 0 aliphatic rings. The zero-order valence-electron chi connectivity index (χ0n) is 11.2. The molecule has 2 N–H and O–H groups in total. The van der Waals surface area contributed by atoms with E-state index in [1.807, 2.05) is 13.8 Å². The number of amides is 1. The summed E-state index contributed by atoms with van der Waals surface area (Å²) in [5.74, 6) is -1.60. The van der Waals surface area contributed by atoms with Crippen LogP contribution in [0.1, 0.15) is 40.6 Å². The number of carbonyl (C=O) groups is 2. The van der Waals surface area contributed by atoms with Gasteiger partial charge in [0.2, 0.25) is 0 Å². The fraction of sp³-hybridized carbons (Fsp3) is 0.214. The van der Waals surface area contributed by atoms with E-state index >= 15 is 0 Å². The number of hydrogen-bond donors (Lipinski definition) is 2. The van der Waals surface area contributed by atoms with E-state index in [4.69, 9.17) is 5.11 Å². The maximum Gasteiger partial charge on any atom is 0.336 e. The first kappa shape index (κ1) is 13.8. The van der Waals surface area contributed by atoms with Gasteiger partial charge in [-0.3, -0.25) is 9.48 Å². The van der Waals surface area contributed by atoms with Crippen molar-refractivity contribution in [2.75, 3.05) is 5.32 Å². The summed E-state index contributed by atoms with van der Waals surface area (Å²) in [6.45, 7) is 3.94. The van der Waals surface area contributed by atoms with Crippen molar-refractivity contribution >= 4 is 17.6 Å². The number of carboxylic acids is 1. The van der Waals surface area contributed by atoms with Crippen LogP contribution in [0.2, 0.25) is 0 Å². The molecular formula is C14H15N3O3. The molecule has 0 saturated carbocycles. The van der Waals surface area contributed by atoms with Gasteiger partial charge in [-0.25, -0.2) is 4.79 Å². The molecular weight excluding hydrogens is 258 g/mol. The van der Waals surface area contributed by atoms with Crippen molar-refractivity contribution in [1.29, 1.82) is 0 Å². The van der Waals surface area contributed by atoms with Crippen LogP contribution in [0.5, 0.6) is 0 Å². The lowest BCUT2D eigenvalue weighted by molar-refractivity contribution is 0.0692. The molecule has 1 amide bonds. The van der Waals surface area contributed by atoms with E-state index in [2.05, 4.69) is 10.4 Å². The summed E-state index contributed by atoms with van der Waals surface area (Å²) < 4.78 is 1.71. The molecule has 0 spiro atoms. The molecule has 2 rings (SSSR count). The van der Waals surface area contributed by atoms with Crippen LogP contribution in [0.15, 0.2) is 36.7 Å². The molecule has 1 heterocycles. The Labute approximate surface area is 116 Å². The summed E-state index contributed by atoms with van der Waals surface area (Å²) >= 11 is 0. The summed E-state index contributed by atoms with van der Waals surface area (Å²) in [4.78, 5) is 23.2. The van der Waals surface area contributed by atoms with Crippen LogP contribution in [0, 0.1) is 0 Å². The molecule has 0 fully saturated rings. The van der Waals surface area contributed by atoms with Crippen molar-refractivity contribution in [2.45, 2.75) is 19.9 Å². The highest BCUT2D eigenvalue weighted by Crippen LogP contribution is 2.14. The first-order valence-corrected chi connectivity index (χ1v) is 6.17. The molecule has 6 nitrogen and oxygen atoms in total. The number of anilines is 1. The monoisotopic (exact) mass is 273 g/mol. The molecule has 0 radical (unpaired) electrons. The van der Waals surface area contributed by atoms with Gasteiger partial charge in [0.25, 0.3) is 5.91 Å². The van der Waals surface area contributed by atoms with Crippen LogP contribution in [0.4, 0.5) is 5.69 Å². The Balaban J connectivity index is 2.22. The average Bonchev–Trinajstić information content (AvgIpc) is 2.87. The van der Waals surface area contributed by atoms with Gasteiger partial charge in [-0.05, 0) is 26.0 Å². The summed E-state index contributed by atoms with van der Waals surface area (Å²) in [5, 5.41) is 15.8. The minimum absolute atomic E-state index is 0.0266. The van der Waals surface area contributed by atoms with E-state index in [0.29, 0.717) is 5.69 Å². The number of benzene rings is 1. The summed E-state index contributed by atoms with van der Waals surface area (Å²) in [7, 11) is 0. The van der Waals surface area contributed by atoms with Gasteiger partial charge >= 0.3 is 5.97 Å². The van der Waals surface area contributed by atoms with Crippen LogP contribution in [0.3, 0.4) is 0 Å². The third-order valence-electron chi connectivity index (χ3n) is 2.79. The van der Waals surface area contributed by atoms with E-state index in [9.17, 15) is 9.59 Å². The number of aromatic nitrogens is 2. The quantitative estimate of drug-likeness (QED) is 0.896. The van der Waals surface area contributed by atoms with Crippen molar-refractivity contribution in [2.24, 2.45) is 0 Å². The summed E-state index contributed by atoms with van der Waals surface area (Å²) in [6.07, 6.45) is 3.23. The lowest BCUT2D eigenvalue weighted by Crippen LogP contribution is -2.16. The molecule has 0 aliphatic carbocycles. The average molecular weight is 273 g/mol. The summed E-state index contributed by atoms with van der Waals surface area (Å²) in [5.41, 5.74) is 0.627. The van der Waals surface area contributed by atoms with Gasteiger partial charge < -0.3 is 10.4 Å². The van der Waals surface area contributed by atoms with Crippen molar-refractivity contribution in [3.8, 4) is 0 Å². The zero-order valence-corrected chi connectivity index (χ0v) is 11.2. The van der Waals surface area contributed by atoms with E-state index in [1.54, 1.807) is 23.0 Å². The highest BCUT2D eigenvalue weighted by molar-refractivity contribution is 6.10. The smallest absolute Gasteiger partial charge is 0.336 e. The lowest BCUT2D eigenvalue weighted by atomic mass is 10.1.